The summed E-state index contributed by atoms with van der Waals surface area (Å²) >= 11 is 6.00. The predicted molar refractivity (Wildman–Crippen MR) is 81.8 cm³/mol. The Morgan fingerprint density at radius 3 is 3.05 bits per heavy atom. The lowest BCUT2D eigenvalue weighted by Crippen LogP contribution is -2.43. The number of benzene rings is 1. The van der Waals surface area contributed by atoms with Crippen LogP contribution in [-0.4, -0.2) is 30.2 Å². The van der Waals surface area contributed by atoms with Gasteiger partial charge in [-0.05, 0) is 38.3 Å². The van der Waals surface area contributed by atoms with Crippen molar-refractivity contribution in [1.29, 1.82) is 0 Å². The van der Waals surface area contributed by atoms with Crippen LogP contribution in [0.4, 0.5) is 4.79 Å². The van der Waals surface area contributed by atoms with Crippen LogP contribution in [0.3, 0.4) is 0 Å². The minimum Gasteiger partial charge on any atom is -0.479 e. The highest BCUT2D eigenvalue weighted by molar-refractivity contribution is 6.32. The number of ether oxygens (including phenoxy) is 2. The number of piperidine rings is 1. The van der Waals surface area contributed by atoms with Crippen LogP contribution >= 0.6 is 11.6 Å². The van der Waals surface area contributed by atoms with Crippen LogP contribution in [0, 0.1) is 12.3 Å². The van der Waals surface area contributed by atoms with Gasteiger partial charge in [0.05, 0.1) is 5.02 Å². The summed E-state index contributed by atoms with van der Waals surface area (Å²) in [5.41, 5.74) is 0. The van der Waals surface area contributed by atoms with E-state index in [-0.39, 0.29) is 18.7 Å². The molecule has 0 spiro atoms. The van der Waals surface area contributed by atoms with Crippen LogP contribution in [0.15, 0.2) is 18.2 Å². The summed E-state index contributed by atoms with van der Waals surface area (Å²) in [6.45, 7) is 2.87. The van der Waals surface area contributed by atoms with Crippen molar-refractivity contribution in [1.82, 2.24) is 4.90 Å². The average molecular weight is 308 g/mol. The summed E-state index contributed by atoms with van der Waals surface area (Å²) in [7, 11) is 0. The summed E-state index contributed by atoms with van der Waals surface area (Å²) in [4.78, 5) is 13.9. The summed E-state index contributed by atoms with van der Waals surface area (Å²) in [5.74, 6) is 3.17. The number of terminal acetylenes is 1. The zero-order valence-electron chi connectivity index (χ0n) is 12.0. The number of halogens is 1. The fourth-order valence-corrected chi connectivity index (χ4v) is 2.48. The summed E-state index contributed by atoms with van der Waals surface area (Å²) in [6, 6.07) is 5.04. The molecule has 21 heavy (non-hydrogen) atoms. The Balaban J connectivity index is 2.05. The van der Waals surface area contributed by atoms with Gasteiger partial charge >= 0.3 is 6.09 Å². The lowest BCUT2D eigenvalue weighted by atomic mass is 10.0. The standard InChI is InChI=1S/C16H18ClNO3/c1-3-10-20-15-11-13(7-8-14(15)17)21-16(19)18-9-5-4-6-12(18)2/h1,7-8,11-12H,4-6,9-10H2,2H3. The number of amides is 1. The molecule has 0 aromatic heterocycles. The molecule has 1 unspecified atom stereocenters. The number of carbonyl (C=O) groups excluding carboxylic acids is 1. The molecule has 1 atom stereocenters. The van der Waals surface area contributed by atoms with Gasteiger partial charge < -0.3 is 14.4 Å². The number of hydrogen-bond donors (Lipinski definition) is 0. The number of carbonyl (C=O) groups is 1. The Hall–Kier alpha value is -1.86. The van der Waals surface area contributed by atoms with E-state index in [0.717, 1.165) is 25.8 Å². The second-order valence-electron chi connectivity index (χ2n) is 4.99. The molecule has 0 N–H and O–H groups in total. The molecular formula is C16H18ClNO3. The maximum atomic E-state index is 12.2. The molecule has 112 valence electrons. The van der Waals surface area contributed by atoms with Crippen LogP contribution in [-0.2, 0) is 0 Å². The minimum absolute atomic E-state index is 0.111. The van der Waals surface area contributed by atoms with Crippen LogP contribution in [0.25, 0.3) is 0 Å². The van der Waals surface area contributed by atoms with Gasteiger partial charge in [-0.15, -0.1) is 6.42 Å². The van der Waals surface area contributed by atoms with Crippen molar-refractivity contribution in [3.05, 3.63) is 23.2 Å². The van der Waals surface area contributed by atoms with Gasteiger partial charge in [-0.25, -0.2) is 4.79 Å². The van der Waals surface area contributed by atoms with Crippen molar-refractivity contribution >= 4 is 17.7 Å². The molecule has 5 heteroatoms. The molecule has 1 aliphatic rings. The van der Waals surface area contributed by atoms with E-state index in [1.807, 2.05) is 6.92 Å². The highest BCUT2D eigenvalue weighted by atomic mass is 35.5. The molecule has 4 nitrogen and oxygen atoms in total. The molecule has 1 aliphatic heterocycles. The second-order valence-corrected chi connectivity index (χ2v) is 5.40. The van der Waals surface area contributed by atoms with Gasteiger partial charge in [-0.1, -0.05) is 17.5 Å². The molecule has 1 fully saturated rings. The molecular weight excluding hydrogens is 290 g/mol. The SMILES string of the molecule is C#CCOc1cc(OC(=O)N2CCCCC2C)ccc1Cl. The van der Waals surface area contributed by atoms with Gasteiger partial charge in [-0.3, -0.25) is 0 Å². The summed E-state index contributed by atoms with van der Waals surface area (Å²) in [6.07, 6.45) is 7.97. The van der Waals surface area contributed by atoms with Crippen molar-refractivity contribution in [3.8, 4) is 23.8 Å². The fraction of sp³-hybridized carbons (Fsp3) is 0.438. The summed E-state index contributed by atoms with van der Waals surface area (Å²) < 4.78 is 10.7. The van der Waals surface area contributed by atoms with Crippen molar-refractivity contribution in [2.75, 3.05) is 13.2 Å². The Morgan fingerprint density at radius 1 is 1.52 bits per heavy atom. The lowest BCUT2D eigenvalue weighted by Gasteiger charge is -2.32. The van der Waals surface area contributed by atoms with Gasteiger partial charge in [0.1, 0.15) is 18.1 Å². The molecule has 2 rings (SSSR count). The second kappa shape index (κ2) is 7.24. The lowest BCUT2D eigenvalue weighted by molar-refractivity contribution is 0.118. The first kappa shape index (κ1) is 15.5. The first-order chi connectivity index (χ1) is 10.1. The zero-order chi connectivity index (χ0) is 15.2. The fourth-order valence-electron chi connectivity index (χ4n) is 2.31. The topological polar surface area (TPSA) is 38.8 Å². The Bertz CT molecular complexity index is 553. The van der Waals surface area contributed by atoms with Crippen LogP contribution in [0.5, 0.6) is 11.5 Å². The maximum Gasteiger partial charge on any atom is 0.415 e. The number of rotatable bonds is 3. The average Bonchev–Trinajstić information content (AvgIpc) is 2.48. The Morgan fingerprint density at radius 2 is 2.33 bits per heavy atom. The maximum absolute atomic E-state index is 12.2. The van der Waals surface area contributed by atoms with Crippen LogP contribution < -0.4 is 9.47 Å². The van der Waals surface area contributed by atoms with E-state index in [1.165, 1.54) is 0 Å². The third-order valence-electron chi connectivity index (χ3n) is 3.46. The zero-order valence-corrected chi connectivity index (χ0v) is 12.7. The Labute approximate surface area is 130 Å². The molecule has 1 aromatic carbocycles. The van der Waals surface area contributed by atoms with Crippen LogP contribution in [0.1, 0.15) is 26.2 Å². The first-order valence-electron chi connectivity index (χ1n) is 6.96. The number of hydrogen-bond acceptors (Lipinski definition) is 3. The van der Waals surface area contributed by atoms with Crippen molar-refractivity contribution < 1.29 is 14.3 Å². The van der Waals surface area contributed by atoms with Crippen molar-refractivity contribution in [2.45, 2.75) is 32.2 Å². The normalized spacial score (nSPS) is 18.0. The number of nitrogens with zero attached hydrogens (tertiary/aromatic N) is 1. The molecule has 0 saturated carbocycles. The summed E-state index contributed by atoms with van der Waals surface area (Å²) in [5, 5.41) is 0.427. The molecule has 1 aromatic rings. The monoisotopic (exact) mass is 307 g/mol. The van der Waals surface area contributed by atoms with E-state index in [2.05, 4.69) is 5.92 Å². The van der Waals surface area contributed by atoms with Gasteiger partial charge in [0.15, 0.2) is 0 Å². The van der Waals surface area contributed by atoms with Crippen LogP contribution in [0.2, 0.25) is 5.02 Å². The van der Waals surface area contributed by atoms with Crippen molar-refractivity contribution in [2.24, 2.45) is 0 Å². The predicted octanol–water partition coefficient (Wildman–Crippen LogP) is 3.73. The van der Waals surface area contributed by atoms with E-state index in [4.69, 9.17) is 27.5 Å². The first-order valence-corrected chi connectivity index (χ1v) is 7.34. The van der Waals surface area contributed by atoms with Gasteiger partial charge in [0.25, 0.3) is 0 Å². The molecule has 1 heterocycles. The molecule has 0 radical (unpaired) electrons. The highest BCUT2D eigenvalue weighted by Crippen LogP contribution is 2.29. The quantitative estimate of drug-likeness (QED) is 0.799. The smallest absolute Gasteiger partial charge is 0.415 e. The molecule has 0 bridgehead atoms. The Kier molecular flexibility index (Phi) is 5.35. The molecule has 1 saturated heterocycles. The number of likely N-dealkylation sites (tertiary alicyclic amines) is 1. The third-order valence-corrected chi connectivity index (χ3v) is 3.77. The van der Waals surface area contributed by atoms with Gasteiger partial charge in [-0.2, -0.15) is 0 Å². The minimum atomic E-state index is -0.340. The van der Waals surface area contributed by atoms with E-state index in [9.17, 15) is 4.79 Å². The molecule has 0 aliphatic carbocycles. The van der Waals surface area contributed by atoms with E-state index < -0.39 is 0 Å². The third kappa shape index (κ3) is 4.05. The largest absolute Gasteiger partial charge is 0.479 e. The van der Waals surface area contributed by atoms with E-state index in [0.29, 0.717) is 16.5 Å². The molecule has 1 amide bonds. The van der Waals surface area contributed by atoms with E-state index in [1.54, 1.807) is 23.1 Å². The van der Waals surface area contributed by atoms with Gasteiger partial charge in [0.2, 0.25) is 0 Å². The van der Waals surface area contributed by atoms with Gasteiger partial charge in [0, 0.05) is 18.7 Å². The van der Waals surface area contributed by atoms with E-state index >= 15 is 0 Å². The van der Waals surface area contributed by atoms with Crippen molar-refractivity contribution in [3.63, 3.8) is 0 Å². The highest BCUT2D eigenvalue weighted by Gasteiger charge is 2.24.